The summed E-state index contributed by atoms with van der Waals surface area (Å²) in [5.41, 5.74) is 5.62. The highest BCUT2D eigenvalue weighted by Gasteiger charge is 2.01. The van der Waals surface area contributed by atoms with Gasteiger partial charge >= 0.3 is 0 Å². The van der Waals surface area contributed by atoms with E-state index >= 15 is 0 Å². The molecule has 2 N–H and O–H groups in total. The minimum atomic E-state index is 0.325. The number of phenolic OH excluding ortho intramolecular Hbond substituents is 1. The van der Waals surface area contributed by atoms with Gasteiger partial charge in [0.2, 0.25) is 0 Å². The van der Waals surface area contributed by atoms with E-state index in [1.165, 1.54) is 16.7 Å². The van der Waals surface area contributed by atoms with Crippen molar-refractivity contribution < 1.29 is 5.11 Å². The number of aryl methyl sites for hydroxylation is 1. The minimum absolute atomic E-state index is 0.325. The molecule has 0 aliphatic carbocycles. The van der Waals surface area contributed by atoms with Crippen molar-refractivity contribution in [3.63, 3.8) is 0 Å². The van der Waals surface area contributed by atoms with Crippen molar-refractivity contribution in [3.8, 4) is 16.9 Å². The van der Waals surface area contributed by atoms with Crippen LogP contribution in [-0.4, -0.2) is 5.11 Å². The van der Waals surface area contributed by atoms with Crippen LogP contribution in [0.2, 0.25) is 0 Å². The van der Waals surface area contributed by atoms with Gasteiger partial charge in [-0.2, -0.15) is 0 Å². The van der Waals surface area contributed by atoms with Gasteiger partial charge in [-0.1, -0.05) is 60.2 Å². The molecule has 0 aliphatic rings. The summed E-state index contributed by atoms with van der Waals surface area (Å²) in [5, 5.41) is 13.1. The molecule has 0 spiro atoms. The summed E-state index contributed by atoms with van der Waals surface area (Å²) in [6.45, 7) is 2.70. The number of aromatic hydroxyl groups is 1. The van der Waals surface area contributed by atoms with Crippen LogP contribution in [0.25, 0.3) is 11.1 Å². The van der Waals surface area contributed by atoms with Gasteiger partial charge in [0.1, 0.15) is 5.75 Å². The first-order chi connectivity index (χ1) is 10.7. The van der Waals surface area contributed by atoms with Crippen molar-refractivity contribution >= 4 is 5.69 Å². The van der Waals surface area contributed by atoms with E-state index in [9.17, 15) is 5.11 Å². The zero-order valence-electron chi connectivity index (χ0n) is 12.6. The highest BCUT2D eigenvalue weighted by molar-refractivity contribution is 5.66. The van der Waals surface area contributed by atoms with E-state index in [-0.39, 0.29) is 0 Å². The van der Waals surface area contributed by atoms with Gasteiger partial charge in [-0.3, -0.25) is 0 Å². The molecule has 0 aliphatic heterocycles. The number of anilines is 1. The maximum atomic E-state index is 9.76. The smallest absolute Gasteiger partial charge is 0.120 e. The lowest BCUT2D eigenvalue weighted by Gasteiger charge is -2.09. The van der Waals surface area contributed by atoms with Gasteiger partial charge < -0.3 is 10.4 Å². The van der Waals surface area contributed by atoms with Crippen LogP contribution in [0.4, 0.5) is 5.69 Å². The second-order valence-electron chi connectivity index (χ2n) is 5.43. The molecule has 3 rings (SSSR count). The molecule has 0 saturated heterocycles. The maximum absolute atomic E-state index is 9.76. The third kappa shape index (κ3) is 3.29. The number of para-hydroxylation sites is 1. The SMILES string of the molecule is Cc1ccc(-c2ccc(NCc3ccccc3O)cc2)cc1. The Balaban J connectivity index is 1.69. The molecule has 110 valence electrons. The first-order valence-corrected chi connectivity index (χ1v) is 7.40. The van der Waals surface area contributed by atoms with E-state index in [2.05, 4.69) is 60.8 Å². The molecule has 0 saturated carbocycles. The van der Waals surface area contributed by atoms with Crippen molar-refractivity contribution in [2.45, 2.75) is 13.5 Å². The minimum Gasteiger partial charge on any atom is -0.508 e. The third-order valence-electron chi connectivity index (χ3n) is 3.74. The lowest BCUT2D eigenvalue weighted by molar-refractivity contribution is 0.469. The molecule has 3 aromatic rings. The Morgan fingerprint density at radius 3 is 2.00 bits per heavy atom. The summed E-state index contributed by atoms with van der Waals surface area (Å²) >= 11 is 0. The van der Waals surface area contributed by atoms with Crippen LogP contribution in [-0.2, 0) is 6.54 Å². The summed E-state index contributed by atoms with van der Waals surface area (Å²) in [5.74, 6) is 0.325. The van der Waals surface area contributed by atoms with Gasteiger partial charge in [-0.15, -0.1) is 0 Å². The number of rotatable bonds is 4. The Labute approximate surface area is 131 Å². The molecule has 0 fully saturated rings. The molecule has 0 radical (unpaired) electrons. The van der Waals surface area contributed by atoms with Gasteiger partial charge in [-0.05, 0) is 36.2 Å². The summed E-state index contributed by atoms with van der Waals surface area (Å²) < 4.78 is 0. The van der Waals surface area contributed by atoms with Crippen molar-refractivity contribution in [3.05, 3.63) is 83.9 Å². The van der Waals surface area contributed by atoms with Crippen LogP contribution >= 0.6 is 0 Å². The fraction of sp³-hybridized carbons (Fsp3) is 0.100. The number of nitrogens with one attached hydrogen (secondary N) is 1. The Hall–Kier alpha value is -2.74. The Morgan fingerprint density at radius 1 is 0.773 bits per heavy atom. The largest absolute Gasteiger partial charge is 0.508 e. The first-order valence-electron chi connectivity index (χ1n) is 7.40. The van der Waals surface area contributed by atoms with Crippen LogP contribution in [0.15, 0.2) is 72.8 Å². The van der Waals surface area contributed by atoms with Crippen LogP contribution in [0.1, 0.15) is 11.1 Å². The summed E-state index contributed by atoms with van der Waals surface area (Å²) in [4.78, 5) is 0. The second-order valence-corrected chi connectivity index (χ2v) is 5.43. The number of phenols is 1. The monoisotopic (exact) mass is 289 g/mol. The number of hydrogen-bond donors (Lipinski definition) is 2. The van der Waals surface area contributed by atoms with E-state index in [4.69, 9.17) is 0 Å². The maximum Gasteiger partial charge on any atom is 0.120 e. The van der Waals surface area contributed by atoms with Crippen molar-refractivity contribution in [1.82, 2.24) is 0 Å². The zero-order chi connectivity index (χ0) is 15.4. The Kier molecular flexibility index (Phi) is 4.10. The first kappa shape index (κ1) is 14.2. The normalized spacial score (nSPS) is 10.4. The van der Waals surface area contributed by atoms with E-state index in [0.717, 1.165) is 11.3 Å². The van der Waals surface area contributed by atoms with Crippen LogP contribution < -0.4 is 5.32 Å². The fourth-order valence-electron chi connectivity index (χ4n) is 2.38. The molecule has 2 heteroatoms. The lowest BCUT2D eigenvalue weighted by atomic mass is 10.0. The molecule has 22 heavy (non-hydrogen) atoms. The molecular formula is C20H19NO. The average molecular weight is 289 g/mol. The predicted octanol–water partition coefficient (Wildman–Crippen LogP) is 4.98. The summed E-state index contributed by atoms with van der Waals surface area (Å²) in [7, 11) is 0. The summed E-state index contributed by atoms with van der Waals surface area (Å²) in [6, 6.07) is 24.3. The van der Waals surface area contributed by atoms with Gasteiger partial charge in [0, 0.05) is 17.8 Å². The standard InChI is InChI=1S/C20H19NO/c1-15-6-8-16(9-7-15)17-10-12-19(13-11-17)21-14-18-4-2-3-5-20(18)22/h2-13,21-22H,14H2,1H3. The van der Waals surface area contributed by atoms with E-state index in [1.54, 1.807) is 6.07 Å². The molecule has 3 aromatic carbocycles. The molecular weight excluding hydrogens is 270 g/mol. The molecule has 0 heterocycles. The molecule has 0 aromatic heterocycles. The number of benzene rings is 3. The molecule has 0 bridgehead atoms. The lowest BCUT2D eigenvalue weighted by Crippen LogP contribution is -1.99. The van der Waals surface area contributed by atoms with Crippen LogP contribution in [0, 0.1) is 6.92 Å². The quantitative estimate of drug-likeness (QED) is 0.710. The van der Waals surface area contributed by atoms with Gasteiger partial charge in [-0.25, -0.2) is 0 Å². The van der Waals surface area contributed by atoms with Crippen molar-refractivity contribution in [1.29, 1.82) is 0 Å². The highest BCUT2D eigenvalue weighted by atomic mass is 16.3. The molecule has 2 nitrogen and oxygen atoms in total. The second kappa shape index (κ2) is 6.35. The highest BCUT2D eigenvalue weighted by Crippen LogP contribution is 2.23. The molecule has 0 amide bonds. The van der Waals surface area contributed by atoms with Crippen LogP contribution in [0.5, 0.6) is 5.75 Å². The topological polar surface area (TPSA) is 32.3 Å². The van der Waals surface area contributed by atoms with Crippen molar-refractivity contribution in [2.75, 3.05) is 5.32 Å². The van der Waals surface area contributed by atoms with E-state index in [1.807, 2.05) is 18.2 Å². The average Bonchev–Trinajstić information content (AvgIpc) is 2.55. The fourth-order valence-corrected chi connectivity index (χ4v) is 2.38. The molecule has 0 atom stereocenters. The zero-order valence-corrected chi connectivity index (χ0v) is 12.6. The number of hydrogen-bond acceptors (Lipinski definition) is 2. The third-order valence-corrected chi connectivity index (χ3v) is 3.74. The van der Waals surface area contributed by atoms with E-state index in [0.29, 0.717) is 12.3 Å². The Morgan fingerprint density at radius 2 is 1.36 bits per heavy atom. The van der Waals surface area contributed by atoms with Crippen LogP contribution in [0.3, 0.4) is 0 Å². The van der Waals surface area contributed by atoms with Gasteiger partial charge in [0.25, 0.3) is 0 Å². The Bertz CT molecular complexity index is 745. The van der Waals surface area contributed by atoms with Gasteiger partial charge in [0.05, 0.1) is 0 Å². The molecule has 0 unspecified atom stereocenters. The van der Waals surface area contributed by atoms with E-state index < -0.39 is 0 Å². The summed E-state index contributed by atoms with van der Waals surface area (Å²) in [6.07, 6.45) is 0. The van der Waals surface area contributed by atoms with Gasteiger partial charge in [0.15, 0.2) is 0 Å². The van der Waals surface area contributed by atoms with Crippen molar-refractivity contribution in [2.24, 2.45) is 0 Å². The predicted molar refractivity (Wildman–Crippen MR) is 92.0 cm³/mol.